The van der Waals surface area contributed by atoms with E-state index in [1.165, 1.54) is 11.3 Å². The Morgan fingerprint density at radius 2 is 2.26 bits per heavy atom. The number of rotatable bonds is 5. The number of benzene rings is 1. The normalized spacial score (nSPS) is 13.8. The van der Waals surface area contributed by atoms with Crippen molar-refractivity contribution in [2.75, 3.05) is 29.9 Å². The molecule has 4 nitrogen and oxygen atoms in total. The second-order valence-electron chi connectivity index (χ2n) is 5.61. The topological polar surface area (TPSA) is 58.4 Å². The van der Waals surface area contributed by atoms with Crippen LogP contribution in [0.5, 0.6) is 0 Å². The number of primary amides is 1. The fourth-order valence-electron chi connectivity index (χ4n) is 2.55. The summed E-state index contributed by atoms with van der Waals surface area (Å²) in [6.45, 7) is 6.46. The molecule has 0 saturated carbocycles. The highest BCUT2D eigenvalue weighted by Gasteiger charge is 2.14. The van der Waals surface area contributed by atoms with Crippen molar-refractivity contribution in [1.29, 1.82) is 0 Å². The third kappa shape index (κ3) is 3.63. The molecule has 0 spiro atoms. The maximum atomic E-state index is 11.2. The highest BCUT2D eigenvalue weighted by Crippen LogP contribution is 2.27. The molecule has 1 aromatic carbocycles. The van der Waals surface area contributed by atoms with Crippen molar-refractivity contribution in [3.8, 4) is 0 Å². The van der Waals surface area contributed by atoms with Crippen molar-refractivity contribution >= 4 is 17.3 Å². The Morgan fingerprint density at radius 3 is 2.95 bits per heavy atom. The molecule has 0 unspecified atom stereocenters. The Kier molecular flexibility index (Phi) is 4.30. The number of carbonyl (C=O) groups excluding carboxylic acids is 1. The van der Waals surface area contributed by atoms with E-state index < -0.39 is 0 Å². The second-order valence-corrected chi connectivity index (χ2v) is 5.61. The smallest absolute Gasteiger partial charge is 0.236 e. The van der Waals surface area contributed by atoms with Crippen LogP contribution >= 0.6 is 0 Å². The highest BCUT2D eigenvalue weighted by atomic mass is 16.1. The molecule has 1 heterocycles. The third-order valence-electron chi connectivity index (χ3n) is 3.32. The minimum Gasteiger partial charge on any atom is -0.385 e. The maximum absolute atomic E-state index is 11.2. The summed E-state index contributed by atoms with van der Waals surface area (Å²) in [5.74, 6) is 0.213. The summed E-state index contributed by atoms with van der Waals surface area (Å²) in [5, 5.41) is 3.40. The first kappa shape index (κ1) is 13.7. The Balaban J connectivity index is 2.22. The molecule has 3 N–H and O–H groups in total. The summed E-state index contributed by atoms with van der Waals surface area (Å²) >= 11 is 0. The van der Waals surface area contributed by atoms with Gasteiger partial charge in [-0.05, 0) is 42.5 Å². The molecular weight excluding hydrogens is 238 g/mol. The Hall–Kier alpha value is -1.71. The van der Waals surface area contributed by atoms with Gasteiger partial charge in [-0.25, -0.2) is 0 Å². The summed E-state index contributed by atoms with van der Waals surface area (Å²) in [6, 6.07) is 6.37. The van der Waals surface area contributed by atoms with E-state index in [1.807, 2.05) is 0 Å². The standard InChI is InChI=1S/C15H23N3O/c1-11(2)9-18(10-15(16)19)13-5-6-14-12(8-13)4-3-7-17-14/h5-6,8,11,17H,3-4,7,9-10H2,1-2H3,(H2,16,19). The Bertz CT molecular complexity index is 457. The summed E-state index contributed by atoms with van der Waals surface area (Å²) in [6.07, 6.45) is 2.26. The van der Waals surface area contributed by atoms with Crippen LogP contribution in [-0.2, 0) is 11.2 Å². The predicted octanol–water partition coefficient (Wildman–Crippen LogP) is 1.99. The Labute approximate surface area is 115 Å². The minimum absolute atomic E-state index is 0.281. The van der Waals surface area contributed by atoms with Crippen LogP contribution in [-0.4, -0.2) is 25.5 Å². The number of amides is 1. The van der Waals surface area contributed by atoms with Crippen molar-refractivity contribution in [3.63, 3.8) is 0 Å². The number of nitrogens with two attached hydrogens (primary N) is 1. The van der Waals surface area contributed by atoms with Gasteiger partial charge in [0.05, 0.1) is 6.54 Å². The molecule has 1 aliphatic rings. The van der Waals surface area contributed by atoms with Gasteiger partial charge in [0, 0.05) is 24.5 Å². The second kappa shape index (κ2) is 5.95. The molecule has 0 radical (unpaired) electrons. The lowest BCUT2D eigenvalue weighted by Crippen LogP contribution is -2.36. The number of fused-ring (bicyclic) bond motifs is 1. The number of aryl methyl sites for hydroxylation is 1. The average molecular weight is 261 g/mol. The van der Waals surface area contributed by atoms with E-state index in [4.69, 9.17) is 5.73 Å². The van der Waals surface area contributed by atoms with Crippen LogP contribution in [0.25, 0.3) is 0 Å². The highest BCUT2D eigenvalue weighted by molar-refractivity contribution is 5.80. The van der Waals surface area contributed by atoms with E-state index >= 15 is 0 Å². The SMILES string of the molecule is CC(C)CN(CC(N)=O)c1ccc2c(c1)CCCN2. The van der Waals surface area contributed by atoms with Gasteiger partial charge in [-0.1, -0.05) is 13.8 Å². The number of carbonyl (C=O) groups is 1. The van der Waals surface area contributed by atoms with E-state index in [0.29, 0.717) is 5.92 Å². The van der Waals surface area contributed by atoms with Crippen molar-refractivity contribution in [3.05, 3.63) is 23.8 Å². The quantitative estimate of drug-likeness (QED) is 0.852. The molecule has 2 rings (SSSR count). The van der Waals surface area contributed by atoms with Gasteiger partial charge >= 0.3 is 0 Å². The van der Waals surface area contributed by atoms with Gasteiger partial charge < -0.3 is 16.0 Å². The maximum Gasteiger partial charge on any atom is 0.236 e. The summed E-state index contributed by atoms with van der Waals surface area (Å²) in [5.41, 5.74) is 9.00. The third-order valence-corrected chi connectivity index (χ3v) is 3.32. The number of nitrogens with one attached hydrogen (secondary N) is 1. The van der Waals surface area contributed by atoms with E-state index in [1.54, 1.807) is 0 Å². The van der Waals surface area contributed by atoms with Gasteiger partial charge in [0.1, 0.15) is 0 Å². The van der Waals surface area contributed by atoms with Crippen molar-refractivity contribution < 1.29 is 4.79 Å². The molecule has 104 valence electrons. The van der Waals surface area contributed by atoms with E-state index in [2.05, 4.69) is 42.3 Å². The molecule has 1 amide bonds. The van der Waals surface area contributed by atoms with Crippen LogP contribution in [0.2, 0.25) is 0 Å². The van der Waals surface area contributed by atoms with E-state index in [9.17, 15) is 4.79 Å². The lowest BCUT2D eigenvalue weighted by molar-refractivity contribution is -0.116. The molecule has 0 atom stereocenters. The van der Waals surface area contributed by atoms with Gasteiger partial charge in [-0.15, -0.1) is 0 Å². The number of hydrogen-bond donors (Lipinski definition) is 2. The summed E-state index contributed by atoms with van der Waals surface area (Å²) in [4.78, 5) is 13.3. The van der Waals surface area contributed by atoms with Gasteiger partial charge in [0.2, 0.25) is 5.91 Å². The lowest BCUT2D eigenvalue weighted by Gasteiger charge is -2.27. The number of anilines is 2. The van der Waals surface area contributed by atoms with Gasteiger partial charge in [0.15, 0.2) is 0 Å². The molecule has 0 fully saturated rings. The zero-order valence-corrected chi connectivity index (χ0v) is 11.8. The molecule has 4 heteroatoms. The molecule has 0 saturated heterocycles. The molecule has 0 aliphatic carbocycles. The van der Waals surface area contributed by atoms with Gasteiger partial charge in [-0.2, -0.15) is 0 Å². The predicted molar refractivity (Wildman–Crippen MR) is 79.5 cm³/mol. The van der Waals surface area contributed by atoms with Gasteiger partial charge in [-0.3, -0.25) is 4.79 Å². The zero-order valence-electron chi connectivity index (χ0n) is 11.8. The van der Waals surface area contributed by atoms with Crippen LogP contribution in [0.3, 0.4) is 0 Å². The first-order chi connectivity index (χ1) is 9.06. The molecular formula is C15H23N3O. The van der Waals surface area contributed by atoms with Crippen LogP contribution in [0.1, 0.15) is 25.8 Å². The summed E-state index contributed by atoms with van der Waals surface area (Å²) in [7, 11) is 0. The summed E-state index contributed by atoms with van der Waals surface area (Å²) < 4.78 is 0. The fraction of sp³-hybridized carbons (Fsp3) is 0.533. The van der Waals surface area contributed by atoms with Gasteiger partial charge in [0.25, 0.3) is 0 Å². The fourth-order valence-corrected chi connectivity index (χ4v) is 2.55. The van der Waals surface area contributed by atoms with E-state index in [0.717, 1.165) is 31.6 Å². The van der Waals surface area contributed by atoms with Crippen molar-refractivity contribution in [2.24, 2.45) is 11.7 Å². The van der Waals surface area contributed by atoms with Crippen LogP contribution in [0, 0.1) is 5.92 Å². The van der Waals surface area contributed by atoms with Crippen LogP contribution in [0.15, 0.2) is 18.2 Å². The average Bonchev–Trinajstić information content (AvgIpc) is 2.36. The molecule has 0 aromatic heterocycles. The largest absolute Gasteiger partial charge is 0.385 e. The molecule has 0 bridgehead atoms. The first-order valence-corrected chi connectivity index (χ1v) is 6.96. The van der Waals surface area contributed by atoms with Crippen molar-refractivity contribution in [1.82, 2.24) is 0 Å². The van der Waals surface area contributed by atoms with Crippen molar-refractivity contribution in [2.45, 2.75) is 26.7 Å². The van der Waals surface area contributed by atoms with E-state index in [-0.39, 0.29) is 12.5 Å². The minimum atomic E-state index is -0.281. The monoisotopic (exact) mass is 261 g/mol. The first-order valence-electron chi connectivity index (χ1n) is 6.96. The molecule has 1 aliphatic heterocycles. The number of nitrogens with zero attached hydrogens (tertiary/aromatic N) is 1. The van der Waals surface area contributed by atoms with Crippen LogP contribution in [0.4, 0.5) is 11.4 Å². The molecule has 1 aromatic rings. The lowest BCUT2D eigenvalue weighted by atomic mass is 10.0. The Morgan fingerprint density at radius 1 is 1.47 bits per heavy atom. The molecule has 19 heavy (non-hydrogen) atoms. The van der Waals surface area contributed by atoms with Crippen LogP contribution < -0.4 is 16.0 Å². The zero-order chi connectivity index (χ0) is 13.8. The number of hydrogen-bond acceptors (Lipinski definition) is 3.